The third-order valence-corrected chi connectivity index (χ3v) is 4.25. The minimum absolute atomic E-state index is 0.0516. The number of halogens is 1. The van der Waals surface area contributed by atoms with Gasteiger partial charge in [0.05, 0.1) is 11.9 Å². The largest absolute Gasteiger partial charge is 0.452 e. The van der Waals surface area contributed by atoms with E-state index in [9.17, 15) is 14.4 Å². The van der Waals surface area contributed by atoms with Crippen LogP contribution in [0, 0.1) is 11.3 Å². The first kappa shape index (κ1) is 21.3. The number of hydrogen-bond donors (Lipinski definition) is 1. The van der Waals surface area contributed by atoms with Gasteiger partial charge in [-0.15, -0.1) is 11.6 Å². The van der Waals surface area contributed by atoms with Crippen LogP contribution in [0.25, 0.3) is 0 Å². The lowest BCUT2D eigenvalue weighted by atomic mass is 9.80. The summed E-state index contributed by atoms with van der Waals surface area (Å²) in [5.41, 5.74) is 0.605. The maximum atomic E-state index is 12.8. The molecule has 0 unspecified atom stereocenters. The van der Waals surface area contributed by atoms with Gasteiger partial charge in [-0.3, -0.25) is 19.7 Å². The molecule has 0 bridgehead atoms. The van der Waals surface area contributed by atoms with Crippen LogP contribution in [0.15, 0.2) is 30.3 Å². The fourth-order valence-corrected chi connectivity index (χ4v) is 2.95. The third kappa shape index (κ3) is 7.36. The monoisotopic (exact) mass is 367 g/mol. The molecule has 5 nitrogen and oxygen atoms in total. The average molecular weight is 368 g/mol. The first-order valence-corrected chi connectivity index (χ1v) is 8.77. The van der Waals surface area contributed by atoms with Crippen molar-refractivity contribution in [1.29, 1.82) is 0 Å². The van der Waals surface area contributed by atoms with Crippen molar-refractivity contribution in [2.75, 3.05) is 12.6 Å². The van der Waals surface area contributed by atoms with E-state index >= 15 is 0 Å². The maximum Gasteiger partial charge on any atom is 0.294 e. The molecule has 1 aromatic carbocycles. The molecule has 0 aliphatic rings. The van der Waals surface area contributed by atoms with Crippen molar-refractivity contribution in [2.45, 2.75) is 39.7 Å². The zero-order chi connectivity index (χ0) is 18.9. The van der Waals surface area contributed by atoms with Crippen LogP contribution < -0.4 is 5.32 Å². The lowest BCUT2D eigenvalue weighted by molar-refractivity contribution is -0.133. The second kappa shape index (κ2) is 10.3. The van der Waals surface area contributed by atoms with Gasteiger partial charge in [0.2, 0.25) is 0 Å². The number of hydrogen-bond acceptors (Lipinski definition) is 5. The molecule has 0 saturated carbocycles. The summed E-state index contributed by atoms with van der Waals surface area (Å²) in [7, 11) is 0. The van der Waals surface area contributed by atoms with E-state index in [1.807, 2.05) is 51.1 Å². The van der Waals surface area contributed by atoms with E-state index in [1.54, 1.807) is 0 Å². The molecular formula is C19H26ClNO4. The van der Waals surface area contributed by atoms with Crippen molar-refractivity contribution in [3.8, 4) is 0 Å². The Bertz CT molecular complexity index is 569. The van der Waals surface area contributed by atoms with Gasteiger partial charge in [-0.05, 0) is 17.4 Å². The molecule has 6 heteroatoms. The summed E-state index contributed by atoms with van der Waals surface area (Å²) in [6, 6.07) is 9.02. The SMILES string of the molecule is CC(C)(C)[C@H](NCOC=O)C(=O)C[C@@H](Cc1ccccc1)C(=O)CCl. The van der Waals surface area contributed by atoms with Crippen LogP contribution in [0.5, 0.6) is 0 Å². The van der Waals surface area contributed by atoms with E-state index in [4.69, 9.17) is 11.6 Å². The fourth-order valence-electron chi connectivity index (χ4n) is 2.74. The summed E-state index contributed by atoms with van der Waals surface area (Å²) < 4.78 is 4.65. The Hall–Kier alpha value is -1.72. The van der Waals surface area contributed by atoms with E-state index in [0.717, 1.165) is 5.56 Å². The molecule has 138 valence electrons. The average Bonchev–Trinajstić information content (AvgIpc) is 2.57. The van der Waals surface area contributed by atoms with Crippen molar-refractivity contribution in [3.63, 3.8) is 0 Å². The maximum absolute atomic E-state index is 12.8. The predicted octanol–water partition coefficient (Wildman–Crippen LogP) is 2.75. The number of ketones is 2. The summed E-state index contributed by atoms with van der Waals surface area (Å²) in [4.78, 5) is 35.3. The molecule has 0 aliphatic heterocycles. The van der Waals surface area contributed by atoms with Crippen molar-refractivity contribution < 1.29 is 19.1 Å². The molecule has 0 spiro atoms. The second-order valence-electron chi connectivity index (χ2n) is 7.07. The number of carbonyl (C=O) groups excluding carboxylic acids is 3. The molecule has 0 fully saturated rings. The van der Waals surface area contributed by atoms with E-state index in [0.29, 0.717) is 12.9 Å². The Morgan fingerprint density at radius 1 is 1.20 bits per heavy atom. The van der Waals surface area contributed by atoms with Crippen molar-refractivity contribution in [3.05, 3.63) is 35.9 Å². The summed E-state index contributed by atoms with van der Waals surface area (Å²) in [6.07, 6.45) is 0.566. The Morgan fingerprint density at radius 2 is 1.84 bits per heavy atom. The molecule has 2 atom stereocenters. The highest BCUT2D eigenvalue weighted by atomic mass is 35.5. The van der Waals surface area contributed by atoms with Gasteiger partial charge in [-0.2, -0.15) is 0 Å². The highest BCUT2D eigenvalue weighted by molar-refractivity contribution is 6.28. The third-order valence-electron chi connectivity index (χ3n) is 3.99. The number of nitrogens with one attached hydrogen (secondary N) is 1. The highest BCUT2D eigenvalue weighted by Gasteiger charge is 2.33. The molecule has 0 heterocycles. The normalized spacial score (nSPS) is 13.8. The first-order chi connectivity index (χ1) is 11.8. The van der Waals surface area contributed by atoms with Gasteiger partial charge >= 0.3 is 0 Å². The Balaban J connectivity index is 2.86. The van der Waals surface area contributed by atoms with Crippen LogP contribution in [-0.4, -0.2) is 36.7 Å². The van der Waals surface area contributed by atoms with Crippen molar-refractivity contribution >= 4 is 29.6 Å². The van der Waals surface area contributed by atoms with Crippen LogP contribution in [0.3, 0.4) is 0 Å². The number of carbonyl (C=O) groups is 3. The zero-order valence-corrected chi connectivity index (χ0v) is 15.7. The van der Waals surface area contributed by atoms with Crippen LogP contribution in [0.4, 0.5) is 0 Å². The Labute approximate surface area is 154 Å². The van der Waals surface area contributed by atoms with Crippen LogP contribution >= 0.6 is 11.6 Å². The summed E-state index contributed by atoms with van der Waals surface area (Å²) >= 11 is 5.73. The van der Waals surface area contributed by atoms with Gasteiger partial charge in [-0.1, -0.05) is 51.1 Å². The van der Waals surface area contributed by atoms with Gasteiger partial charge in [-0.25, -0.2) is 0 Å². The lowest BCUT2D eigenvalue weighted by Gasteiger charge is -2.31. The standard InChI is InChI=1S/C19H26ClNO4/c1-19(2,3)18(21-12-25-13-22)16(23)10-15(17(24)11-20)9-14-7-5-4-6-8-14/h4-8,13,15,18,21H,9-12H2,1-3H3/t15-,18-/m1/s1. The molecule has 0 amide bonds. The van der Waals surface area contributed by atoms with E-state index in [2.05, 4.69) is 10.1 Å². The minimum Gasteiger partial charge on any atom is -0.452 e. The molecule has 0 aromatic heterocycles. The topological polar surface area (TPSA) is 72.5 Å². The lowest BCUT2D eigenvalue weighted by Crippen LogP contribution is -2.48. The van der Waals surface area contributed by atoms with Crippen molar-refractivity contribution in [1.82, 2.24) is 5.32 Å². The van der Waals surface area contributed by atoms with Gasteiger partial charge in [0.15, 0.2) is 11.6 Å². The first-order valence-electron chi connectivity index (χ1n) is 8.23. The van der Waals surface area contributed by atoms with Gasteiger partial charge in [0, 0.05) is 12.3 Å². The number of alkyl halides is 1. The smallest absolute Gasteiger partial charge is 0.294 e. The van der Waals surface area contributed by atoms with E-state index in [1.165, 1.54) is 0 Å². The quantitative estimate of drug-likeness (QED) is 0.282. The molecule has 0 radical (unpaired) electrons. The Morgan fingerprint density at radius 3 is 2.36 bits per heavy atom. The number of Topliss-reactive ketones (excluding diaryl/α,β-unsaturated/α-hetero) is 2. The molecule has 0 saturated heterocycles. The second-order valence-corrected chi connectivity index (χ2v) is 7.33. The fraction of sp³-hybridized carbons (Fsp3) is 0.526. The highest BCUT2D eigenvalue weighted by Crippen LogP contribution is 2.24. The van der Waals surface area contributed by atoms with Gasteiger partial charge < -0.3 is 4.74 Å². The number of ether oxygens (including phenoxy) is 1. The summed E-state index contributed by atoms with van der Waals surface area (Å²) in [6.45, 7) is 6.02. The van der Waals surface area contributed by atoms with Crippen molar-refractivity contribution in [2.24, 2.45) is 11.3 Å². The molecule has 0 aliphatic carbocycles. The van der Waals surface area contributed by atoms with E-state index < -0.39 is 12.0 Å². The molecule has 1 aromatic rings. The number of benzene rings is 1. The van der Waals surface area contributed by atoms with Gasteiger partial charge in [0.25, 0.3) is 6.47 Å². The minimum atomic E-state index is -0.533. The van der Waals surface area contributed by atoms with E-state index in [-0.39, 0.29) is 36.0 Å². The zero-order valence-electron chi connectivity index (χ0n) is 15.0. The molecule has 1 N–H and O–H groups in total. The van der Waals surface area contributed by atoms with Crippen LogP contribution in [0.1, 0.15) is 32.8 Å². The number of rotatable bonds is 11. The predicted molar refractivity (Wildman–Crippen MR) is 97.4 cm³/mol. The Kier molecular flexibility index (Phi) is 8.79. The summed E-state index contributed by atoms with van der Waals surface area (Å²) in [5, 5.41) is 2.94. The molecular weight excluding hydrogens is 342 g/mol. The van der Waals surface area contributed by atoms with Crippen LogP contribution in [0.2, 0.25) is 0 Å². The van der Waals surface area contributed by atoms with Gasteiger partial charge in [0.1, 0.15) is 6.73 Å². The summed E-state index contributed by atoms with van der Waals surface area (Å²) in [5.74, 6) is -0.824. The molecule has 1 rings (SSSR count). The molecule has 25 heavy (non-hydrogen) atoms. The van der Waals surface area contributed by atoms with Crippen LogP contribution in [-0.2, 0) is 25.5 Å².